The summed E-state index contributed by atoms with van der Waals surface area (Å²) in [5, 5.41) is 6.18. The van der Waals surface area contributed by atoms with Crippen molar-refractivity contribution >= 4 is 28.6 Å². The molecule has 0 aliphatic carbocycles. The maximum absolute atomic E-state index is 12.1. The summed E-state index contributed by atoms with van der Waals surface area (Å²) < 4.78 is 5.68. The first-order chi connectivity index (χ1) is 12.2. The van der Waals surface area contributed by atoms with Crippen LogP contribution in [0.1, 0.15) is 22.8 Å². The van der Waals surface area contributed by atoms with Crippen LogP contribution in [0.15, 0.2) is 65.8 Å². The molecule has 126 valence electrons. The Bertz CT molecular complexity index is 935. The molecule has 0 aliphatic heterocycles. The van der Waals surface area contributed by atoms with Gasteiger partial charge in [-0.25, -0.2) is 5.43 Å². The number of nitrogens with one attached hydrogen (secondary N) is 1. The summed E-state index contributed by atoms with van der Waals surface area (Å²) in [6.45, 7) is 2.48. The Balaban J connectivity index is 1.87. The molecule has 0 unspecified atom stereocenters. The minimum atomic E-state index is -0.318. The first-order valence-electron chi connectivity index (χ1n) is 8.02. The van der Waals surface area contributed by atoms with Crippen molar-refractivity contribution in [2.24, 2.45) is 5.10 Å². The molecule has 5 nitrogen and oxygen atoms in total. The Morgan fingerprint density at radius 1 is 1.16 bits per heavy atom. The van der Waals surface area contributed by atoms with E-state index in [0.717, 1.165) is 22.1 Å². The van der Waals surface area contributed by atoms with Crippen LogP contribution in [0.4, 0.5) is 5.69 Å². The Labute approximate surface area is 146 Å². The van der Waals surface area contributed by atoms with Crippen molar-refractivity contribution in [3.63, 3.8) is 0 Å². The number of hydrazone groups is 1. The number of carbonyl (C=O) groups excluding carboxylic acids is 1. The normalized spacial score (nSPS) is 10.9. The number of rotatable bonds is 5. The highest BCUT2D eigenvalue weighted by molar-refractivity contribution is 6.03. The van der Waals surface area contributed by atoms with E-state index in [1.807, 2.05) is 43.3 Å². The lowest BCUT2D eigenvalue weighted by Gasteiger charge is -2.10. The highest BCUT2D eigenvalue weighted by Crippen LogP contribution is 2.26. The maximum Gasteiger partial charge on any atom is 0.271 e. The number of hydrogen-bond acceptors (Lipinski definition) is 4. The molecule has 0 aromatic heterocycles. The number of nitrogens with zero attached hydrogens (tertiary/aromatic N) is 1. The van der Waals surface area contributed by atoms with E-state index in [9.17, 15) is 4.79 Å². The predicted octanol–water partition coefficient (Wildman–Crippen LogP) is 3.58. The van der Waals surface area contributed by atoms with Gasteiger partial charge in [0.1, 0.15) is 5.75 Å². The zero-order valence-corrected chi connectivity index (χ0v) is 13.9. The molecule has 25 heavy (non-hydrogen) atoms. The number of anilines is 1. The van der Waals surface area contributed by atoms with E-state index in [2.05, 4.69) is 10.5 Å². The van der Waals surface area contributed by atoms with Crippen LogP contribution in [0, 0.1) is 0 Å². The third kappa shape index (κ3) is 3.77. The standard InChI is InChI=1S/C20H19N3O2/c1-2-25-19-11-10-14-6-3-4-9-17(14)18(19)13-22-23-20(24)15-7-5-8-16(21)12-15/h3-13H,2,21H2,1H3,(H,23,24)/b22-13-. The second-order valence-corrected chi connectivity index (χ2v) is 5.46. The van der Waals surface area contributed by atoms with Crippen molar-refractivity contribution in [2.45, 2.75) is 6.92 Å². The topological polar surface area (TPSA) is 76.7 Å². The molecule has 0 atom stereocenters. The maximum atomic E-state index is 12.1. The molecular weight excluding hydrogens is 314 g/mol. The van der Waals surface area contributed by atoms with E-state index in [0.29, 0.717) is 17.9 Å². The van der Waals surface area contributed by atoms with E-state index < -0.39 is 0 Å². The number of fused-ring (bicyclic) bond motifs is 1. The second-order valence-electron chi connectivity index (χ2n) is 5.46. The first kappa shape index (κ1) is 16.5. The summed E-state index contributed by atoms with van der Waals surface area (Å²) in [6, 6.07) is 18.6. The Hall–Kier alpha value is -3.34. The number of carbonyl (C=O) groups is 1. The molecule has 3 aromatic carbocycles. The van der Waals surface area contributed by atoms with Gasteiger partial charge in [0.05, 0.1) is 12.8 Å². The van der Waals surface area contributed by atoms with Crippen LogP contribution >= 0.6 is 0 Å². The third-order valence-electron chi connectivity index (χ3n) is 3.74. The third-order valence-corrected chi connectivity index (χ3v) is 3.74. The van der Waals surface area contributed by atoms with Crippen molar-refractivity contribution in [3.05, 3.63) is 71.8 Å². The van der Waals surface area contributed by atoms with Gasteiger partial charge in [-0.05, 0) is 42.0 Å². The van der Waals surface area contributed by atoms with Crippen molar-refractivity contribution in [1.29, 1.82) is 0 Å². The van der Waals surface area contributed by atoms with Crippen LogP contribution in [-0.2, 0) is 0 Å². The highest BCUT2D eigenvalue weighted by atomic mass is 16.5. The van der Waals surface area contributed by atoms with Gasteiger partial charge in [0.2, 0.25) is 0 Å². The number of benzene rings is 3. The minimum Gasteiger partial charge on any atom is -0.493 e. The van der Waals surface area contributed by atoms with Crippen LogP contribution in [0.5, 0.6) is 5.75 Å². The summed E-state index contributed by atoms with van der Waals surface area (Å²) in [6.07, 6.45) is 1.61. The first-order valence-corrected chi connectivity index (χ1v) is 8.02. The molecule has 0 saturated carbocycles. The molecule has 3 rings (SSSR count). The van der Waals surface area contributed by atoms with Crippen molar-refractivity contribution in [2.75, 3.05) is 12.3 Å². The molecular formula is C20H19N3O2. The van der Waals surface area contributed by atoms with E-state index in [1.165, 1.54) is 0 Å². The lowest BCUT2D eigenvalue weighted by molar-refractivity contribution is 0.0955. The fraction of sp³-hybridized carbons (Fsp3) is 0.100. The van der Waals surface area contributed by atoms with Gasteiger partial charge in [-0.2, -0.15) is 5.10 Å². The number of nitrogens with two attached hydrogens (primary N) is 1. The van der Waals surface area contributed by atoms with E-state index in [-0.39, 0.29) is 5.91 Å². The summed E-state index contributed by atoms with van der Waals surface area (Å²) in [7, 11) is 0. The predicted molar refractivity (Wildman–Crippen MR) is 101 cm³/mol. The molecule has 0 bridgehead atoms. The molecule has 0 heterocycles. The monoisotopic (exact) mass is 333 g/mol. The van der Waals surface area contributed by atoms with Crippen LogP contribution in [0.25, 0.3) is 10.8 Å². The Kier molecular flexibility index (Phi) is 4.95. The smallest absolute Gasteiger partial charge is 0.271 e. The lowest BCUT2D eigenvalue weighted by Crippen LogP contribution is -2.17. The fourth-order valence-electron chi connectivity index (χ4n) is 2.59. The molecule has 0 spiro atoms. The van der Waals surface area contributed by atoms with E-state index >= 15 is 0 Å². The van der Waals surface area contributed by atoms with E-state index in [4.69, 9.17) is 10.5 Å². The zero-order chi connectivity index (χ0) is 17.6. The Morgan fingerprint density at radius 3 is 2.80 bits per heavy atom. The summed E-state index contributed by atoms with van der Waals surface area (Å²) in [5.41, 5.74) is 10.0. The Morgan fingerprint density at radius 2 is 2.00 bits per heavy atom. The molecule has 5 heteroatoms. The summed E-state index contributed by atoms with van der Waals surface area (Å²) in [4.78, 5) is 12.1. The molecule has 3 N–H and O–H groups in total. The highest BCUT2D eigenvalue weighted by Gasteiger charge is 2.08. The number of hydrogen-bond donors (Lipinski definition) is 2. The van der Waals surface area contributed by atoms with Crippen LogP contribution in [0.2, 0.25) is 0 Å². The minimum absolute atomic E-state index is 0.318. The van der Waals surface area contributed by atoms with Gasteiger partial charge in [0.25, 0.3) is 5.91 Å². The summed E-state index contributed by atoms with van der Waals surface area (Å²) >= 11 is 0. The molecule has 0 radical (unpaired) electrons. The van der Waals surface area contributed by atoms with Crippen LogP contribution < -0.4 is 15.9 Å². The van der Waals surface area contributed by atoms with Crippen LogP contribution in [0.3, 0.4) is 0 Å². The second kappa shape index (κ2) is 7.49. The van der Waals surface area contributed by atoms with Crippen molar-refractivity contribution < 1.29 is 9.53 Å². The lowest BCUT2D eigenvalue weighted by atomic mass is 10.0. The van der Waals surface area contributed by atoms with Crippen molar-refractivity contribution in [3.8, 4) is 5.75 Å². The molecule has 0 aliphatic rings. The van der Waals surface area contributed by atoms with Gasteiger partial charge in [0.15, 0.2) is 0 Å². The molecule has 0 fully saturated rings. The SMILES string of the molecule is CCOc1ccc2ccccc2c1/C=N\NC(=O)c1cccc(N)c1. The van der Waals surface area contributed by atoms with E-state index in [1.54, 1.807) is 30.5 Å². The average Bonchev–Trinajstić information content (AvgIpc) is 2.63. The van der Waals surface area contributed by atoms with Gasteiger partial charge in [-0.1, -0.05) is 36.4 Å². The van der Waals surface area contributed by atoms with Gasteiger partial charge < -0.3 is 10.5 Å². The van der Waals surface area contributed by atoms with Gasteiger partial charge >= 0.3 is 0 Å². The molecule has 3 aromatic rings. The van der Waals surface area contributed by atoms with Crippen LogP contribution in [-0.4, -0.2) is 18.7 Å². The van der Waals surface area contributed by atoms with Gasteiger partial charge in [-0.3, -0.25) is 4.79 Å². The number of ether oxygens (including phenoxy) is 1. The average molecular weight is 333 g/mol. The summed E-state index contributed by atoms with van der Waals surface area (Å²) in [5.74, 6) is 0.407. The number of amides is 1. The molecule has 1 amide bonds. The van der Waals surface area contributed by atoms with Gasteiger partial charge in [-0.15, -0.1) is 0 Å². The van der Waals surface area contributed by atoms with Crippen molar-refractivity contribution in [1.82, 2.24) is 5.43 Å². The van der Waals surface area contributed by atoms with Gasteiger partial charge in [0, 0.05) is 16.8 Å². The largest absolute Gasteiger partial charge is 0.493 e. The number of nitrogen functional groups attached to an aromatic ring is 1. The molecule has 0 saturated heterocycles. The quantitative estimate of drug-likeness (QED) is 0.425. The fourth-order valence-corrected chi connectivity index (χ4v) is 2.59. The zero-order valence-electron chi connectivity index (χ0n) is 13.9.